The molecule has 6 nitrogen and oxygen atoms in total. The van der Waals surface area contributed by atoms with Crippen LogP contribution in [0.5, 0.6) is 17.4 Å². The number of fused-ring (bicyclic) bond motifs is 1. The lowest BCUT2D eigenvalue weighted by Gasteiger charge is -2.15. The first kappa shape index (κ1) is 17.9. The Bertz CT molecular complexity index is 965. The summed E-state index contributed by atoms with van der Waals surface area (Å²) in [5.41, 5.74) is 2.96. The normalized spacial score (nSPS) is 14.7. The van der Waals surface area contributed by atoms with Gasteiger partial charge in [0.15, 0.2) is 11.5 Å². The summed E-state index contributed by atoms with van der Waals surface area (Å²) in [6, 6.07) is 18.8. The van der Waals surface area contributed by atoms with Crippen molar-refractivity contribution in [3.8, 4) is 17.4 Å². The molecule has 0 spiro atoms. The highest BCUT2D eigenvalue weighted by atomic mass is 16.5. The number of ether oxygens (including phenoxy) is 2. The van der Waals surface area contributed by atoms with E-state index in [1.54, 1.807) is 13.3 Å². The van der Waals surface area contributed by atoms with Crippen LogP contribution < -0.4 is 20.1 Å². The Morgan fingerprint density at radius 3 is 2.71 bits per heavy atom. The van der Waals surface area contributed by atoms with Gasteiger partial charge in [-0.3, -0.25) is 4.79 Å². The van der Waals surface area contributed by atoms with Gasteiger partial charge in [0.2, 0.25) is 11.8 Å². The van der Waals surface area contributed by atoms with Gasteiger partial charge in [-0.15, -0.1) is 0 Å². The molecule has 0 unspecified atom stereocenters. The molecule has 6 heteroatoms. The molecule has 1 amide bonds. The fourth-order valence-corrected chi connectivity index (χ4v) is 3.22. The lowest BCUT2D eigenvalue weighted by Crippen LogP contribution is -2.38. The van der Waals surface area contributed by atoms with Crippen LogP contribution in [0.1, 0.15) is 11.1 Å². The van der Waals surface area contributed by atoms with Crippen molar-refractivity contribution in [2.24, 2.45) is 0 Å². The molecule has 0 bridgehead atoms. The van der Waals surface area contributed by atoms with E-state index in [4.69, 9.17) is 9.47 Å². The first-order chi connectivity index (χ1) is 13.7. The second kappa shape index (κ2) is 8.00. The molecule has 0 fully saturated rings. The Morgan fingerprint density at radius 1 is 1.11 bits per heavy atom. The quantitative estimate of drug-likeness (QED) is 0.690. The first-order valence-corrected chi connectivity index (χ1v) is 9.11. The highest BCUT2D eigenvalue weighted by molar-refractivity contribution is 5.87. The summed E-state index contributed by atoms with van der Waals surface area (Å²) in [4.78, 5) is 16.9. The lowest BCUT2D eigenvalue weighted by atomic mass is 10.1. The lowest BCUT2D eigenvalue weighted by molar-refractivity contribution is -0.121. The number of nitrogens with zero attached hydrogens (tertiary/aromatic N) is 1. The smallest absolute Gasteiger partial charge is 0.243 e. The number of para-hydroxylation sites is 3. The highest BCUT2D eigenvalue weighted by Gasteiger charge is 2.26. The maximum absolute atomic E-state index is 12.6. The Hall–Kier alpha value is -3.54. The molecule has 0 aliphatic carbocycles. The van der Waals surface area contributed by atoms with E-state index < -0.39 is 0 Å². The monoisotopic (exact) mass is 375 g/mol. The van der Waals surface area contributed by atoms with Gasteiger partial charge in [-0.05, 0) is 29.8 Å². The Kier molecular flexibility index (Phi) is 5.10. The van der Waals surface area contributed by atoms with Crippen molar-refractivity contribution < 1.29 is 14.3 Å². The van der Waals surface area contributed by atoms with Gasteiger partial charge < -0.3 is 20.1 Å². The van der Waals surface area contributed by atoms with Gasteiger partial charge in [-0.2, -0.15) is 0 Å². The SMILES string of the molecule is COc1ccccc1Oc1ncccc1CNC(=O)[C@@H]1Cc2ccccc2N1. The molecule has 0 radical (unpaired) electrons. The Balaban J connectivity index is 1.43. The number of benzene rings is 2. The van der Waals surface area contributed by atoms with Gasteiger partial charge in [0, 0.05) is 30.4 Å². The van der Waals surface area contributed by atoms with Crippen LogP contribution in [-0.4, -0.2) is 24.0 Å². The van der Waals surface area contributed by atoms with E-state index >= 15 is 0 Å². The number of hydrogen-bond acceptors (Lipinski definition) is 5. The number of nitrogens with one attached hydrogen (secondary N) is 2. The molecule has 0 saturated heterocycles. The third-order valence-corrected chi connectivity index (χ3v) is 4.67. The Morgan fingerprint density at radius 2 is 1.89 bits per heavy atom. The zero-order chi connectivity index (χ0) is 19.3. The van der Waals surface area contributed by atoms with E-state index in [1.807, 2.05) is 60.7 Å². The molecule has 4 rings (SSSR count). The minimum atomic E-state index is -0.271. The summed E-state index contributed by atoms with van der Waals surface area (Å²) in [5, 5.41) is 6.24. The first-order valence-electron chi connectivity index (χ1n) is 9.11. The predicted octanol–water partition coefficient (Wildman–Crippen LogP) is 3.54. The van der Waals surface area contributed by atoms with E-state index in [9.17, 15) is 4.79 Å². The van der Waals surface area contributed by atoms with Crippen LogP contribution >= 0.6 is 0 Å². The highest BCUT2D eigenvalue weighted by Crippen LogP contribution is 2.31. The van der Waals surface area contributed by atoms with Crippen molar-refractivity contribution in [2.75, 3.05) is 12.4 Å². The number of pyridine rings is 1. The number of aromatic nitrogens is 1. The van der Waals surface area contributed by atoms with Crippen molar-refractivity contribution in [3.63, 3.8) is 0 Å². The standard InChI is InChI=1S/C22H21N3O3/c1-27-19-10-4-5-11-20(19)28-22-16(8-6-12-23-22)14-24-21(26)18-13-15-7-2-3-9-17(15)25-18/h2-12,18,25H,13-14H2,1H3,(H,24,26)/t18-/m0/s1. The molecule has 1 aliphatic heterocycles. The molecule has 2 heterocycles. The second-order valence-corrected chi connectivity index (χ2v) is 6.50. The number of amides is 1. The largest absolute Gasteiger partial charge is 0.493 e. The molecule has 1 aromatic heterocycles. The van der Waals surface area contributed by atoms with Gasteiger partial charge in [0.05, 0.1) is 7.11 Å². The summed E-state index contributed by atoms with van der Waals surface area (Å²) in [7, 11) is 1.59. The maximum atomic E-state index is 12.6. The predicted molar refractivity (Wildman–Crippen MR) is 107 cm³/mol. The van der Waals surface area contributed by atoms with Gasteiger partial charge in [0.1, 0.15) is 6.04 Å². The van der Waals surface area contributed by atoms with Crippen LogP contribution in [0.15, 0.2) is 66.9 Å². The topological polar surface area (TPSA) is 72.5 Å². The van der Waals surface area contributed by atoms with Gasteiger partial charge in [-0.25, -0.2) is 4.98 Å². The molecular formula is C22H21N3O3. The zero-order valence-corrected chi connectivity index (χ0v) is 15.5. The molecule has 2 N–H and O–H groups in total. The maximum Gasteiger partial charge on any atom is 0.243 e. The van der Waals surface area contributed by atoms with E-state index in [2.05, 4.69) is 15.6 Å². The number of carbonyl (C=O) groups is 1. The molecule has 0 saturated carbocycles. The average Bonchev–Trinajstić information content (AvgIpc) is 3.18. The number of methoxy groups -OCH3 is 1. The molecular weight excluding hydrogens is 354 g/mol. The zero-order valence-electron chi connectivity index (χ0n) is 15.5. The molecule has 1 atom stereocenters. The van der Waals surface area contributed by atoms with Gasteiger partial charge >= 0.3 is 0 Å². The van der Waals surface area contributed by atoms with E-state index in [-0.39, 0.29) is 11.9 Å². The van der Waals surface area contributed by atoms with Crippen molar-refractivity contribution in [3.05, 3.63) is 78.0 Å². The minimum Gasteiger partial charge on any atom is -0.493 e. The van der Waals surface area contributed by atoms with Crippen LogP contribution in [0.3, 0.4) is 0 Å². The number of rotatable bonds is 6. The molecule has 142 valence electrons. The summed E-state index contributed by atoms with van der Waals surface area (Å²) >= 11 is 0. The minimum absolute atomic E-state index is 0.0525. The summed E-state index contributed by atoms with van der Waals surface area (Å²) in [5.74, 6) is 1.58. The van der Waals surface area contributed by atoms with Crippen molar-refractivity contribution >= 4 is 11.6 Å². The van der Waals surface area contributed by atoms with E-state index in [0.29, 0.717) is 30.3 Å². The van der Waals surface area contributed by atoms with Crippen molar-refractivity contribution in [1.82, 2.24) is 10.3 Å². The molecule has 28 heavy (non-hydrogen) atoms. The second-order valence-electron chi connectivity index (χ2n) is 6.50. The average molecular weight is 375 g/mol. The summed E-state index contributed by atoms with van der Waals surface area (Å²) < 4.78 is 11.3. The third kappa shape index (κ3) is 3.76. The van der Waals surface area contributed by atoms with Crippen LogP contribution in [0.4, 0.5) is 5.69 Å². The fourth-order valence-electron chi connectivity index (χ4n) is 3.22. The molecule has 2 aromatic carbocycles. The summed E-state index contributed by atoms with van der Waals surface area (Å²) in [6.45, 7) is 0.325. The number of carbonyl (C=O) groups excluding carboxylic acids is 1. The molecule has 3 aromatic rings. The Labute approximate surface area is 163 Å². The van der Waals surface area contributed by atoms with Crippen LogP contribution in [0.2, 0.25) is 0 Å². The van der Waals surface area contributed by atoms with Crippen LogP contribution in [0.25, 0.3) is 0 Å². The third-order valence-electron chi connectivity index (χ3n) is 4.67. The number of hydrogen-bond donors (Lipinski definition) is 2. The van der Waals surface area contributed by atoms with Gasteiger partial charge in [0.25, 0.3) is 0 Å². The van der Waals surface area contributed by atoms with E-state index in [0.717, 1.165) is 16.8 Å². The van der Waals surface area contributed by atoms with E-state index in [1.165, 1.54) is 0 Å². The van der Waals surface area contributed by atoms with Crippen molar-refractivity contribution in [1.29, 1.82) is 0 Å². The molecule has 1 aliphatic rings. The fraction of sp³-hybridized carbons (Fsp3) is 0.182. The van der Waals surface area contributed by atoms with Crippen LogP contribution in [-0.2, 0) is 17.8 Å². The van der Waals surface area contributed by atoms with Gasteiger partial charge in [-0.1, -0.05) is 36.4 Å². The summed E-state index contributed by atoms with van der Waals surface area (Å²) in [6.07, 6.45) is 2.34. The van der Waals surface area contributed by atoms with Crippen molar-refractivity contribution in [2.45, 2.75) is 19.0 Å². The number of anilines is 1. The van der Waals surface area contributed by atoms with Crippen LogP contribution in [0, 0.1) is 0 Å².